The minimum atomic E-state index is -3.61. The van der Waals surface area contributed by atoms with E-state index in [1.165, 1.54) is 4.31 Å². The smallest absolute Gasteiger partial charge is 0.307 e. The van der Waals surface area contributed by atoms with E-state index in [1.54, 1.807) is 6.33 Å². The Labute approximate surface area is 116 Å². The molecule has 0 radical (unpaired) electrons. The predicted octanol–water partition coefficient (Wildman–Crippen LogP) is -0.323. The summed E-state index contributed by atoms with van der Waals surface area (Å²) in [6.45, 7) is 1.02. The molecule has 2 atom stereocenters. The number of carboxylic acids is 1. The minimum absolute atomic E-state index is 0.172. The number of fused-ring (bicyclic) bond motifs is 1. The van der Waals surface area contributed by atoms with Crippen molar-refractivity contribution in [1.29, 1.82) is 0 Å². The second-order valence-corrected chi connectivity index (χ2v) is 7.38. The Bertz CT molecular complexity index is 626. The quantitative estimate of drug-likeness (QED) is 0.820. The zero-order valence-electron chi connectivity index (χ0n) is 10.8. The van der Waals surface area contributed by atoms with Crippen molar-refractivity contribution in [3.63, 3.8) is 0 Å². The van der Waals surface area contributed by atoms with Crippen molar-refractivity contribution in [3.05, 3.63) is 12.2 Å². The largest absolute Gasteiger partial charge is 0.481 e. The zero-order chi connectivity index (χ0) is 14.3. The monoisotopic (exact) mass is 300 g/mol. The van der Waals surface area contributed by atoms with Crippen LogP contribution < -0.4 is 0 Å². The average molecular weight is 300 g/mol. The van der Waals surface area contributed by atoms with Gasteiger partial charge in [-0.2, -0.15) is 4.31 Å². The molecule has 20 heavy (non-hydrogen) atoms. The summed E-state index contributed by atoms with van der Waals surface area (Å²) in [6.07, 6.45) is 3.07. The van der Waals surface area contributed by atoms with E-state index in [0.717, 1.165) is 0 Å². The SMILES string of the molecule is O=C(O)C1CCCC1S(=O)(=O)N1CCn2cnnc2C1. The lowest BCUT2D eigenvalue weighted by molar-refractivity contribution is -0.141. The number of carboxylic acid groups (broad SMARTS) is 1. The van der Waals surface area contributed by atoms with Gasteiger partial charge in [-0.15, -0.1) is 10.2 Å². The van der Waals surface area contributed by atoms with E-state index in [4.69, 9.17) is 5.11 Å². The average Bonchev–Trinajstić information content (AvgIpc) is 3.06. The highest BCUT2D eigenvalue weighted by Gasteiger charge is 2.45. The Morgan fingerprint density at radius 3 is 2.90 bits per heavy atom. The van der Waals surface area contributed by atoms with Gasteiger partial charge in [-0.05, 0) is 12.8 Å². The second-order valence-electron chi connectivity index (χ2n) is 5.23. The van der Waals surface area contributed by atoms with Gasteiger partial charge in [0.1, 0.15) is 12.2 Å². The maximum Gasteiger partial charge on any atom is 0.307 e. The van der Waals surface area contributed by atoms with E-state index in [9.17, 15) is 13.2 Å². The van der Waals surface area contributed by atoms with Crippen molar-refractivity contribution >= 4 is 16.0 Å². The van der Waals surface area contributed by atoms with Gasteiger partial charge in [0, 0.05) is 13.1 Å². The molecule has 9 heteroatoms. The summed E-state index contributed by atoms with van der Waals surface area (Å²) in [5.74, 6) is -1.21. The second kappa shape index (κ2) is 4.81. The molecule has 2 aliphatic rings. The van der Waals surface area contributed by atoms with E-state index in [0.29, 0.717) is 38.2 Å². The van der Waals surface area contributed by atoms with Crippen molar-refractivity contribution in [2.75, 3.05) is 6.54 Å². The van der Waals surface area contributed by atoms with Crippen molar-refractivity contribution < 1.29 is 18.3 Å². The lowest BCUT2D eigenvalue weighted by Crippen LogP contribution is -2.45. The third kappa shape index (κ3) is 2.10. The summed E-state index contributed by atoms with van der Waals surface area (Å²) >= 11 is 0. The van der Waals surface area contributed by atoms with E-state index in [1.807, 2.05) is 4.57 Å². The predicted molar refractivity (Wildman–Crippen MR) is 68.1 cm³/mol. The molecule has 1 aromatic rings. The topological polar surface area (TPSA) is 105 Å². The van der Waals surface area contributed by atoms with Gasteiger partial charge in [0.2, 0.25) is 10.0 Å². The fraction of sp³-hybridized carbons (Fsp3) is 0.727. The maximum absolute atomic E-state index is 12.6. The molecule has 2 heterocycles. The Balaban J connectivity index is 1.84. The van der Waals surface area contributed by atoms with E-state index < -0.39 is 27.2 Å². The Kier molecular flexibility index (Phi) is 3.25. The molecule has 1 aliphatic heterocycles. The first-order valence-corrected chi connectivity index (χ1v) is 8.09. The summed E-state index contributed by atoms with van der Waals surface area (Å²) in [7, 11) is -3.61. The fourth-order valence-corrected chi connectivity index (χ4v) is 5.16. The molecule has 3 rings (SSSR count). The minimum Gasteiger partial charge on any atom is -0.481 e. The molecule has 0 spiro atoms. The van der Waals surface area contributed by atoms with Crippen LogP contribution >= 0.6 is 0 Å². The molecule has 8 nitrogen and oxygen atoms in total. The highest BCUT2D eigenvalue weighted by Crippen LogP contribution is 2.34. The first kappa shape index (κ1) is 13.5. The molecule has 0 aromatic carbocycles. The summed E-state index contributed by atoms with van der Waals surface area (Å²) < 4.78 is 28.4. The first-order valence-electron chi connectivity index (χ1n) is 6.58. The van der Waals surface area contributed by atoms with Crippen LogP contribution in [0.15, 0.2) is 6.33 Å². The summed E-state index contributed by atoms with van der Waals surface area (Å²) in [4.78, 5) is 11.2. The zero-order valence-corrected chi connectivity index (χ0v) is 11.7. The first-order chi connectivity index (χ1) is 9.50. The van der Waals surface area contributed by atoms with Gasteiger partial charge in [0.25, 0.3) is 0 Å². The molecule has 2 unspecified atom stereocenters. The molecule has 1 aromatic heterocycles. The number of hydrogen-bond acceptors (Lipinski definition) is 5. The molecule has 110 valence electrons. The number of hydrogen-bond donors (Lipinski definition) is 1. The van der Waals surface area contributed by atoms with Crippen molar-refractivity contribution in [2.45, 2.75) is 37.6 Å². The fourth-order valence-electron chi connectivity index (χ4n) is 3.02. The van der Waals surface area contributed by atoms with Crippen LogP contribution in [0, 0.1) is 5.92 Å². The van der Waals surface area contributed by atoms with Crippen LogP contribution in [0.2, 0.25) is 0 Å². The standard InChI is InChI=1S/C11H16N4O4S/c16-11(17)8-2-1-3-9(8)20(18,19)15-5-4-14-7-12-13-10(14)6-15/h7-9H,1-6H2,(H,16,17). The molecule has 1 saturated carbocycles. The molecule has 1 aliphatic carbocycles. The van der Waals surface area contributed by atoms with Crippen molar-refractivity contribution in [3.8, 4) is 0 Å². The number of aromatic nitrogens is 3. The van der Waals surface area contributed by atoms with Gasteiger partial charge in [-0.1, -0.05) is 6.42 Å². The number of aliphatic carboxylic acids is 1. The van der Waals surface area contributed by atoms with Gasteiger partial charge in [0.05, 0.1) is 17.7 Å². The molecule has 1 N–H and O–H groups in total. The summed E-state index contributed by atoms with van der Waals surface area (Å²) in [5, 5.41) is 16.0. The normalized spacial score (nSPS) is 27.4. The molecule has 1 fully saturated rings. The van der Waals surface area contributed by atoms with Crippen LogP contribution in [0.25, 0.3) is 0 Å². The Hall–Kier alpha value is -1.48. The molecule has 0 saturated heterocycles. The Morgan fingerprint density at radius 2 is 2.15 bits per heavy atom. The van der Waals surface area contributed by atoms with Gasteiger partial charge < -0.3 is 9.67 Å². The molecular formula is C11H16N4O4S. The van der Waals surface area contributed by atoms with Gasteiger partial charge in [-0.3, -0.25) is 4.79 Å². The highest BCUT2D eigenvalue weighted by atomic mass is 32.2. The number of sulfonamides is 1. The third-order valence-electron chi connectivity index (χ3n) is 4.12. The lowest BCUT2D eigenvalue weighted by atomic mass is 10.1. The Morgan fingerprint density at radius 1 is 1.35 bits per heavy atom. The van der Waals surface area contributed by atoms with Gasteiger partial charge in [0.15, 0.2) is 0 Å². The molecule has 0 amide bonds. The molecular weight excluding hydrogens is 284 g/mol. The van der Waals surface area contributed by atoms with Crippen LogP contribution in [0.3, 0.4) is 0 Å². The number of carbonyl (C=O) groups is 1. The van der Waals surface area contributed by atoms with E-state index in [-0.39, 0.29) is 6.54 Å². The summed E-state index contributed by atoms with van der Waals surface area (Å²) in [5.41, 5.74) is 0. The van der Waals surface area contributed by atoms with Gasteiger partial charge in [-0.25, -0.2) is 8.42 Å². The van der Waals surface area contributed by atoms with Crippen LogP contribution in [0.5, 0.6) is 0 Å². The maximum atomic E-state index is 12.6. The number of nitrogens with zero attached hydrogens (tertiary/aromatic N) is 4. The van der Waals surface area contributed by atoms with Crippen LogP contribution in [-0.4, -0.2) is 50.4 Å². The van der Waals surface area contributed by atoms with Crippen molar-refractivity contribution in [1.82, 2.24) is 19.1 Å². The lowest BCUT2D eigenvalue weighted by Gasteiger charge is -2.30. The van der Waals surface area contributed by atoms with Crippen LogP contribution in [0.4, 0.5) is 0 Å². The third-order valence-corrected chi connectivity index (χ3v) is 6.48. The van der Waals surface area contributed by atoms with Crippen LogP contribution in [0.1, 0.15) is 25.1 Å². The van der Waals surface area contributed by atoms with Crippen molar-refractivity contribution in [2.24, 2.45) is 5.92 Å². The summed E-state index contributed by atoms with van der Waals surface area (Å²) in [6, 6.07) is 0. The van der Waals surface area contributed by atoms with Crippen LogP contribution in [-0.2, 0) is 27.9 Å². The highest BCUT2D eigenvalue weighted by molar-refractivity contribution is 7.89. The van der Waals surface area contributed by atoms with E-state index in [2.05, 4.69) is 10.2 Å². The number of rotatable bonds is 3. The van der Waals surface area contributed by atoms with Gasteiger partial charge >= 0.3 is 5.97 Å². The molecule has 0 bridgehead atoms. The van der Waals surface area contributed by atoms with E-state index >= 15 is 0 Å².